The van der Waals surface area contributed by atoms with Crippen LogP contribution in [-0.4, -0.2) is 91.2 Å². The van der Waals surface area contributed by atoms with E-state index >= 15 is 0 Å². The maximum atomic E-state index is 14.5. The SMILES string of the molecule is Cc1cc(C(=O)N[C@@H](CC(C)C)C(=O)N2C[C@H](F)[C@H]3OCC(=O)[C@H]32)ccc1-c1ccc(CN2CCOCC2)o1. The number of morpholine rings is 1. The normalized spacial score (nSPS) is 24.3. The van der Waals surface area contributed by atoms with Gasteiger partial charge in [-0.05, 0) is 49.1 Å². The van der Waals surface area contributed by atoms with Gasteiger partial charge in [-0.3, -0.25) is 19.3 Å². The maximum Gasteiger partial charge on any atom is 0.251 e. The summed E-state index contributed by atoms with van der Waals surface area (Å²) in [5.74, 6) is 0.516. The first-order valence-corrected chi connectivity index (χ1v) is 13.6. The smallest absolute Gasteiger partial charge is 0.251 e. The van der Waals surface area contributed by atoms with Crippen LogP contribution in [0.15, 0.2) is 34.7 Å². The highest BCUT2D eigenvalue weighted by molar-refractivity contribution is 5.99. The van der Waals surface area contributed by atoms with Gasteiger partial charge in [-0.1, -0.05) is 19.9 Å². The lowest BCUT2D eigenvalue weighted by Crippen LogP contribution is -2.52. The van der Waals surface area contributed by atoms with Crippen LogP contribution in [0.25, 0.3) is 11.3 Å². The molecule has 1 aromatic carbocycles. The Bertz CT molecular complexity index is 1220. The molecule has 3 aliphatic heterocycles. The topological polar surface area (TPSA) is 101 Å². The number of halogens is 1. The van der Waals surface area contributed by atoms with Gasteiger partial charge in [0.15, 0.2) is 5.78 Å². The Morgan fingerprint density at radius 2 is 1.92 bits per heavy atom. The number of alkyl halides is 1. The summed E-state index contributed by atoms with van der Waals surface area (Å²) < 4.78 is 31.3. The van der Waals surface area contributed by atoms with Crippen LogP contribution in [0.4, 0.5) is 4.39 Å². The van der Waals surface area contributed by atoms with Crippen LogP contribution in [0.3, 0.4) is 0 Å². The van der Waals surface area contributed by atoms with Crippen molar-refractivity contribution < 1.29 is 32.7 Å². The molecule has 0 spiro atoms. The second-order valence-corrected chi connectivity index (χ2v) is 11.0. The van der Waals surface area contributed by atoms with Gasteiger partial charge in [-0.25, -0.2) is 4.39 Å². The number of furan rings is 1. The van der Waals surface area contributed by atoms with E-state index in [1.165, 1.54) is 4.90 Å². The quantitative estimate of drug-likeness (QED) is 0.549. The zero-order valence-electron chi connectivity index (χ0n) is 22.7. The Labute approximate surface area is 227 Å². The number of likely N-dealkylation sites (tertiary alicyclic amines) is 1. The van der Waals surface area contributed by atoms with E-state index in [2.05, 4.69) is 10.2 Å². The Morgan fingerprint density at radius 1 is 1.15 bits per heavy atom. The van der Waals surface area contributed by atoms with Crippen molar-refractivity contribution in [2.45, 2.75) is 58.1 Å². The number of nitrogens with one attached hydrogen (secondary N) is 1. The molecule has 9 nitrogen and oxygen atoms in total. The van der Waals surface area contributed by atoms with E-state index in [0.29, 0.717) is 18.5 Å². The number of aryl methyl sites for hydroxylation is 1. The van der Waals surface area contributed by atoms with Gasteiger partial charge in [0.2, 0.25) is 5.91 Å². The third-order valence-corrected chi connectivity index (χ3v) is 7.61. The number of ketones is 1. The summed E-state index contributed by atoms with van der Waals surface area (Å²) in [5.41, 5.74) is 2.14. The van der Waals surface area contributed by atoms with Gasteiger partial charge in [0.25, 0.3) is 5.91 Å². The lowest BCUT2D eigenvalue weighted by atomic mass is 10.00. The van der Waals surface area contributed by atoms with E-state index < -0.39 is 36.2 Å². The van der Waals surface area contributed by atoms with Crippen LogP contribution >= 0.6 is 0 Å². The van der Waals surface area contributed by atoms with Gasteiger partial charge in [-0.15, -0.1) is 0 Å². The lowest BCUT2D eigenvalue weighted by Gasteiger charge is -2.28. The summed E-state index contributed by atoms with van der Waals surface area (Å²) >= 11 is 0. The first-order chi connectivity index (χ1) is 18.7. The van der Waals surface area contributed by atoms with Crippen molar-refractivity contribution in [1.82, 2.24) is 15.1 Å². The number of nitrogens with zero attached hydrogens (tertiary/aromatic N) is 2. The summed E-state index contributed by atoms with van der Waals surface area (Å²) in [6, 6.07) is 7.41. The molecule has 0 saturated carbocycles. The minimum atomic E-state index is -1.42. The molecule has 1 aromatic heterocycles. The predicted octanol–water partition coefficient (Wildman–Crippen LogP) is 2.75. The first-order valence-electron chi connectivity index (χ1n) is 13.6. The van der Waals surface area contributed by atoms with Crippen LogP contribution in [0.2, 0.25) is 0 Å². The number of amides is 2. The van der Waals surface area contributed by atoms with Crippen LogP contribution in [-0.2, 0) is 25.6 Å². The molecule has 3 fully saturated rings. The predicted molar refractivity (Wildman–Crippen MR) is 141 cm³/mol. The molecule has 0 unspecified atom stereocenters. The van der Waals surface area contributed by atoms with E-state index in [0.717, 1.165) is 49.0 Å². The maximum absolute atomic E-state index is 14.5. The minimum Gasteiger partial charge on any atom is -0.460 e. The Kier molecular flexibility index (Phi) is 8.16. The molecule has 3 saturated heterocycles. The van der Waals surface area contributed by atoms with Crippen molar-refractivity contribution in [2.24, 2.45) is 5.92 Å². The third-order valence-electron chi connectivity index (χ3n) is 7.61. The number of hydrogen-bond donors (Lipinski definition) is 1. The molecule has 3 aliphatic rings. The van der Waals surface area contributed by atoms with E-state index in [9.17, 15) is 18.8 Å². The second-order valence-electron chi connectivity index (χ2n) is 11.0. The van der Waals surface area contributed by atoms with Gasteiger partial charge in [-0.2, -0.15) is 0 Å². The minimum absolute atomic E-state index is 0.0871. The Balaban J connectivity index is 1.28. The summed E-state index contributed by atoms with van der Waals surface area (Å²) in [6.07, 6.45) is -1.99. The van der Waals surface area contributed by atoms with Gasteiger partial charge in [0, 0.05) is 24.2 Å². The summed E-state index contributed by atoms with van der Waals surface area (Å²) in [7, 11) is 0. The number of benzene rings is 1. The number of ether oxygens (including phenoxy) is 2. The fourth-order valence-electron chi connectivity index (χ4n) is 5.63. The molecule has 4 atom stereocenters. The Morgan fingerprint density at radius 3 is 2.64 bits per heavy atom. The Hall–Kier alpha value is -3.08. The van der Waals surface area contributed by atoms with Crippen molar-refractivity contribution in [3.05, 3.63) is 47.2 Å². The molecule has 0 bridgehead atoms. The van der Waals surface area contributed by atoms with Crippen LogP contribution in [0, 0.1) is 12.8 Å². The molecule has 0 aliphatic carbocycles. The van der Waals surface area contributed by atoms with Crippen LogP contribution in [0.1, 0.15) is 41.9 Å². The summed E-state index contributed by atoms with van der Waals surface area (Å²) in [4.78, 5) is 42.5. The van der Waals surface area contributed by atoms with Crippen molar-refractivity contribution in [2.75, 3.05) is 39.5 Å². The highest BCUT2D eigenvalue weighted by atomic mass is 19.1. The number of rotatable bonds is 8. The van der Waals surface area contributed by atoms with Crippen LogP contribution in [0.5, 0.6) is 0 Å². The fourth-order valence-corrected chi connectivity index (χ4v) is 5.63. The molecule has 0 radical (unpaired) electrons. The molecule has 39 heavy (non-hydrogen) atoms. The monoisotopic (exact) mass is 541 g/mol. The number of carbonyl (C=O) groups excluding carboxylic acids is 3. The van der Waals surface area contributed by atoms with Crippen molar-refractivity contribution in [3.63, 3.8) is 0 Å². The number of fused-ring (bicyclic) bond motifs is 1. The van der Waals surface area contributed by atoms with Gasteiger partial charge in [0.05, 0.1) is 26.3 Å². The number of hydrogen-bond acceptors (Lipinski definition) is 7. The molecular weight excluding hydrogens is 505 g/mol. The van der Waals surface area contributed by atoms with E-state index in [1.54, 1.807) is 12.1 Å². The standard InChI is InChI=1S/C29H36FN3O6/c1-17(2)12-23(29(36)33-15-22(30)27-26(33)24(34)16-38-27)31-28(35)19-4-6-21(18(3)13-19)25-7-5-20(39-25)14-32-8-10-37-11-9-32/h4-7,13,17,22-23,26-27H,8-12,14-16H2,1-3H3,(H,31,35)/t22-,23-,26+,27+/m0/s1. The third kappa shape index (κ3) is 5.92. The fraction of sp³-hybridized carbons (Fsp3) is 0.552. The van der Waals surface area contributed by atoms with Gasteiger partial charge >= 0.3 is 0 Å². The molecular formula is C29H36FN3O6. The lowest BCUT2D eigenvalue weighted by molar-refractivity contribution is -0.138. The average molecular weight is 542 g/mol. The largest absolute Gasteiger partial charge is 0.460 e. The first kappa shape index (κ1) is 27.5. The van der Waals surface area contributed by atoms with Gasteiger partial charge < -0.3 is 24.1 Å². The van der Waals surface area contributed by atoms with E-state index in [4.69, 9.17) is 13.9 Å². The molecule has 5 rings (SSSR count). The summed E-state index contributed by atoms with van der Waals surface area (Å²) in [5, 5.41) is 2.84. The van der Waals surface area contributed by atoms with Crippen molar-refractivity contribution in [3.8, 4) is 11.3 Å². The zero-order chi connectivity index (χ0) is 27.7. The zero-order valence-corrected chi connectivity index (χ0v) is 22.7. The molecule has 210 valence electrons. The van der Waals surface area contributed by atoms with E-state index in [-0.39, 0.29) is 24.9 Å². The molecule has 4 heterocycles. The highest BCUT2D eigenvalue weighted by Crippen LogP contribution is 2.31. The van der Waals surface area contributed by atoms with Crippen LogP contribution < -0.4 is 5.32 Å². The van der Waals surface area contributed by atoms with Gasteiger partial charge in [0.1, 0.15) is 42.5 Å². The molecule has 1 N–H and O–H groups in total. The van der Waals surface area contributed by atoms with E-state index in [1.807, 2.05) is 39.0 Å². The molecule has 2 amide bonds. The van der Waals surface area contributed by atoms with Crippen molar-refractivity contribution >= 4 is 17.6 Å². The molecule has 2 aromatic rings. The summed E-state index contributed by atoms with van der Waals surface area (Å²) in [6.45, 7) is 9.29. The average Bonchev–Trinajstić information content (AvgIpc) is 3.61. The number of carbonyl (C=O) groups is 3. The molecule has 10 heteroatoms. The highest BCUT2D eigenvalue weighted by Gasteiger charge is 2.53. The van der Waals surface area contributed by atoms with Crippen molar-refractivity contribution in [1.29, 1.82) is 0 Å². The number of Topliss-reactive ketones (excluding diaryl/α,β-unsaturated/α-hetero) is 1. The second kappa shape index (κ2) is 11.6.